The summed E-state index contributed by atoms with van der Waals surface area (Å²) in [4.78, 5) is 27.5. The molecule has 0 saturated carbocycles. The summed E-state index contributed by atoms with van der Waals surface area (Å²) in [6.45, 7) is 1.32. The highest BCUT2D eigenvalue weighted by atomic mass is 35.5. The van der Waals surface area contributed by atoms with E-state index in [1.165, 1.54) is 31.4 Å². The van der Waals surface area contributed by atoms with Crippen LogP contribution in [0.4, 0.5) is 11.4 Å². The van der Waals surface area contributed by atoms with E-state index in [4.69, 9.17) is 16.3 Å². The third kappa shape index (κ3) is 4.46. The van der Waals surface area contributed by atoms with Crippen LogP contribution in [0.3, 0.4) is 0 Å². The number of carbonyl (C=O) groups is 2. The van der Waals surface area contributed by atoms with Crippen LogP contribution in [0.15, 0.2) is 46.2 Å². The fourth-order valence-corrected chi connectivity index (χ4v) is 5.85. The molecule has 4 rings (SSSR count). The molecule has 2 aromatic carbocycles. The quantitative estimate of drug-likeness (QED) is 0.635. The van der Waals surface area contributed by atoms with Crippen molar-refractivity contribution in [2.24, 2.45) is 0 Å². The third-order valence-corrected chi connectivity index (χ3v) is 7.98. The second-order valence-electron chi connectivity index (χ2n) is 7.13. The van der Waals surface area contributed by atoms with Crippen molar-refractivity contribution in [1.29, 1.82) is 0 Å². The Balaban J connectivity index is 1.54. The van der Waals surface area contributed by atoms with Crippen LogP contribution in [0.25, 0.3) is 0 Å². The van der Waals surface area contributed by atoms with E-state index in [-0.39, 0.29) is 21.5 Å². The number of sulfonamides is 1. The van der Waals surface area contributed by atoms with Crippen molar-refractivity contribution >= 4 is 56.6 Å². The number of nitrogens with one attached hydrogen (secondary N) is 2. The molecule has 0 bridgehead atoms. The first kappa shape index (κ1) is 21.8. The van der Waals surface area contributed by atoms with Gasteiger partial charge in [-0.15, -0.1) is 11.8 Å². The maximum absolute atomic E-state index is 12.8. The second kappa shape index (κ2) is 8.60. The zero-order valence-electron chi connectivity index (χ0n) is 16.6. The molecular weight excluding hydrogens is 462 g/mol. The lowest BCUT2D eigenvalue weighted by Crippen LogP contribution is -2.43. The number of amides is 2. The van der Waals surface area contributed by atoms with Crippen molar-refractivity contribution in [1.82, 2.24) is 4.90 Å². The number of ether oxygens (including phenoxy) is 1. The Kier molecular flexibility index (Phi) is 6.05. The summed E-state index contributed by atoms with van der Waals surface area (Å²) in [6.07, 6.45) is 1.88. The maximum Gasteiger partial charge on any atom is 0.261 e. The van der Waals surface area contributed by atoms with Gasteiger partial charge in [0, 0.05) is 18.0 Å². The van der Waals surface area contributed by atoms with Crippen LogP contribution in [0, 0.1) is 0 Å². The Morgan fingerprint density at radius 3 is 2.65 bits per heavy atom. The molecule has 0 radical (unpaired) electrons. The second-order valence-corrected chi connectivity index (χ2v) is 10.4. The Hall–Kier alpha value is -2.43. The minimum absolute atomic E-state index is 0.0246. The molecule has 164 valence electrons. The first-order valence-corrected chi connectivity index (χ1v) is 12.3. The predicted molar refractivity (Wildman–Crippen MR) is 119 cm³/mol. The molecule has 0 aromatic heterocycles. The number of methoxy groups -OCH3 is 1. The van der Waals surface area contributed by atoms with E-state index in [2.05, 4.69) is 10.0 Å². The Bertz CT molecular complexity index is 1150. The van der Waals surface area contributed by atoms with E-state index in [1.54, 1.807) is 17.0 Å². The van der Waals surface area contributed by atoms with Gasteiger partial charge in [-0.25, -0.2) is 8.42 Å². The molecule has 0 aliphatic carbocycles. The lowest BCUT2D eigenvalue weighted by atomic mass is 10.2. The van der Waals surface area contributed by atoms with Crippen molar-refractivity contribution < 1.29 is 22.7 Å². The van der Waals surface area contributed by atoms with E-state index in [9.17, 15) is 18.0 Å². The fourth-order valence-electron chi connectivity index (χ4n) is 3.47. The predicted octanol–water partition coefficient (Wildman–Crippen LogP) is 3.18. The van der Waals surface area contributed by atoms with Crippen molar-refractivity contribution in [3.05, 3.63) is 41.4 Å². The van der Waals surface area contributed by atoms with Crippen molar-refractivity contribution in [2.75, 3.05) is 30.2 Å². The summed E-state index contributed by atoms with van der Waals surface area (Å²) in [6, 6.07) is 8.95. The van der Waals surface area contributed by atoms with Crippen LogP contribution in [-0.4, -0.2) is 50.6 Å². The number of hydrogen-bond acceptors (Lipinski definition) is 6. The largest absolute Gasteiger partial charge is 0.495 e. The molecule has 31 heavy (non-hydrogen) atoms. The van der Waals surface area contributed by atoms with Crippen LogP contribution < -0.4 is 14.8 Å². The van der Waals surface area contributed by atoms with Gasteiger partial charge in [0.25, 0.3) is 10.0 Å². The Labute approximate surface area is 189 Å². The van der Waals surface area contributed by atoms with Gasteiger partial charge in [0.2, 0.25) is 11.8 Å². The first-order chi connectivity index (χ1) is 14.8. The number of fused-ring (bicyclic) bond motifs is 1. The number of rotatable bonds is 5. The molecule has 0 spiro atoms. The minimum Gasteiger partial charge on any atom is -0.495 e. The molecule has 2 heterocycles. The average Bonchev–Trinajstić information content (AvgIpc) is 3.27. The maximum atomic E-state index is 12.8. The lowest BCUT2D eigenvalue weighted by molar-refractivity contribution is -0.133. The van der Waals surface area contributed by atoms with Crippen LogP contribution in [0.1, 0.15) is 12.8 Å². The molecular formula is C20H20ClN3O5S2. The highest BCUT2D eigenvalue weighted by molar-refractivity contribution is 8.01. The fraction of sp³-hybridized carbons (Fsp3) is 0.300. The number of halogens is 1. The first-order valence-electron chi connectivity index (χ1n) is 9.55. The molecule has 2 aliphatic rings. The standard InChI is InChI=1S/C20H20ClN3O5S2/c1-29-16-6-4-12(10-14(16)21)23-31(27,28)13-5-7-17-15(11-13)22-19(25)18(30-17)20(26)24-8-2-3-9-24/h4-7,10-11,18,23H,2-3,8-9H2,1H3,(H,22,25)/t18-/m0/s1. The van der Waals surface area contributed by atoms with Crippen molar-refractivity contribution in [3.8, 4) is 5.75 Å². The van der Waals surface area contributed by atoms with Crippen LogP contribution in [0.5, 0.6) is 5.75 Å². The van der Waals surface area contributed by atoms with E-state index < -0.39 is 21.2 Å². The van der Waals surface area contributed by atoms with Crippen molar-refractivity contribution in [3.63, 3.8) is 0 Å². The molecule has 11 heteroatoms. The van der Waals surface area contributed by atoms with Gasteiger partial charge < -0.3 is 15.0 Å². The van der Waals surface area contributed by atoms with Gasteiger partial charge in [-0.2, -0.15) is 0 Å². The summed E-state index contributed by atoms with van der Waals surface area (Å²) in [5.41, 5.74) is 0.634. The minimum atomic E-state index is -3.93. The summed E-state index contributed by atoms with van der Waals surface area (Å²) in [7, 11) is -2.46. The van der Waals surface area contributed by atoms with Gasteiger partial charge in [0.1, 0.15) is 5.75 Å². The summed E-state index contributed by atoms with van der Waals surface area (Å²) in [5.74, 6) is -0.226. The van der Waals surface area contributed by atoms with Gasteiger partial charge in [0.15, 0.2) is 5.25 Å². The zero-order valence-corrected chi connectivity index (χ0v) is 18.9. The number of benzene rings is 2. The van der Waals surface area contributed by atoms with E-state index in [0.29, 0.717) is 29.4 Å². The monoisotopic (exact) mass is 481 g/mol. The van der Waals surface area contributed by atoms with Crippen LogP contribution in [-0.2, 0) is 19.6 Å². The average molecular weight is 482 g/mol. The van der Waals surface area contributed by atoms with Gasteiger partial charge in [-0.1, -0.05) is 11.6 Å². The normalized spacial score (nSPS) is 18.3. The highest BCUT2D eigenvalue weighted by Crippen LogP contribution is 2.38. The number of hydrogen-bond donors (Lipinski definition) is 2. The lowest BCUT2D eigenvalue weighted by Gasteiger charge is -2.27. The van der Waals surface area contributed by atoms with E-state index >= 15 is 0 Å². The van der Waals surface area contributed by atoms with Crippen molar-refractivity contribution in [2.45, 2.75) is 27.9 Å². The van der Waals surface area contributed by atoms with E-state index in [1.807, 2.05) is 0 Å². The summed E-state index contributed by atoms with van der Waals surface area (Å²) in [5, 5.41) is 2.08. The van der Waals surface area contributed by atoms with Gasteiger partial charge in [-0.3, -0.25) is 14.3 Å². The number of anilines is 2. The molecule has 0 unspecified atom stereocenters. The molecule has 1 fully saturated rings. The number of carbonyl (C=O) groups excluding carboxylic acids is 2. The molecule has 2 aromatic rings. The molecule has 2 amide bonds. The molecule has 8 nitrogen and oxygen atoms in total. The van der Waals surface area contributed by atoms with Crippen LogP contribution >= 0.6 is 23.4 Å². The van der Waals surface area contributed by atoms with Gasteiger partial charge >= 0.3 is 0 Å². The Morgan fingerprint density at radius 2 is 1.97 bits per heavy atom. The zero-order chi connectivity index (χ0) is 22.2. The number of thioether (sulfide) groups is 1. The van der Waals surface area contributed by atoms with E-state index in [0.717, 1.165) is 24.6 Å². The third-order valence-electron chi connectivity index (χ3n) is 5.05. The Morgan fingerprint density at radius 1 is 1.23 bits per heavy atom. The summed E-state index contributed by atoms with van der Waals surface area (Å²) < 4.78 is 33.2. The van der Waals surface area contributed by atoms with Gasteiger partial charge in [-0.05, 0) is 49.2 Å². The molecule has 2 N–H and O–H groups in total. The summed E-state index contributed by atoms with van der Waals surface area (Å²) >= 11 is 7.20. The highest BCUT2D eigenvalue weighted by Gasteiger charge is 2.37. The SMILES string of the molecule is COc1ccc(NS(=O)(=O)c2ccc3c(c2)NC(=O)[C@@H](C(=O)N2CCCC2)S3)cc1Cl. The molecule has 2 aliphatic heterocycles. The number of nitrogens with zero attached hydrogens (tertiary/aromatic N) is 1. The van der Waals surface area contributed by atoms with Gasteiger partial charge in [0.05, 0.1) is 28.4 Å². The molecule has 1 saturated heterocycles. The molecule has 1 atom stereocenters. The number of likely N-dealkylation sites (tertiary alicyclic amines) is 1. The van der Waals surface area contributed by atoms with Crippen LogP contribution in [0.2, 0.25) is 5.02 Å². The topological polar surface area (TPSA) is 105 Å². The smallest absolute Gasteiger partial charge is 0.261 e.